The smallest absolute Gasteiger partial charge is 0.340 e. The van der Waals surface area contributed by atoms with Crippen LogP contribution in [-0.2, 0) is 16.2 Å². The van der Waals surface area contributed by atoms with Crippen LogP contribution in [-0.4, -0.2) is 31.7 Å². The molecule has 0 aliphatic carbocycles. The summed E-state index contributed by atoms with van der Waals surface area (Å²) in [5, 5.41) is 5.97. The molecule has 0 saturated heterocycles. The van der Waals surface area contributed by atoms with E-state index >= 15 is 0 Å². The summed E-state index contributed by atoms with van der Waals surface area (Å²) in [6.45, 7) is 0. The van der Waals surface area contributed by atoms with Crippen LogP contribution in [0.5, 0.6) is 0 Å². The summed E-state index contributed by atoms with van der Waals surface area (Å²) in [5.41, 5.74) is 0.205. The summed E-state index contributed by atoms with van der Waals surface area (Å²) in [6.07, 6.45) is -1.28. The molecule has 0 atom stereocenters. The van der Waals surface area contributed by atoms with Crippen molar-refractivity contribution in [1.82, 2.24) is 14.7 Å². The van der Waals surface area contributed by atoms with Crippen molar-refractivity contribution in [2.45, 2.75) is 16.0 Å². The number of aromatic nitrogens is 2. The van der Waals surface area contributed by atoms with Crippen molar-refractivity contribution < 1.29 is 21.6 Å². The first-order valence-corrected chi connectivity index (χ1v) is 11.5. The van der Waals surface area contributed by atoms with E-state index in [2.05, 4.69) is 25.3 Å². The zero-order valence-electron chi connectivity index (χ0n) is 16.4. The predicted octanol–water partition coefficient (Wildman–Crippen LogP) is 4.61. The van der Waals surface area contributed by atoms with Gasteiger partial charge >= 0.3 is 6.18 Å². The third-order valence-corrected chi connectivity index (χ3v) is 6.37. The van der Waals surface area contributed by atoms with E-state index in [0.717, 1.165) is 17.0 Å². The second-order valence-corrected chi connectivity index (χ2v) is 8.92. The number of benzene rings is 2. The maximum absolute atomic E-state index is 12.7. The fourth-order valence-corrected chi connectivity index (χ4v) is 3.88. The quantitative estimate of drug-likeness (QED) is 0.435. The molecule has 0 spiro atoms. The van der Waals surface area contributed by atoms with Crippen LogP contribution in [0.3, 0.4) is 0 Å². The Kier molecular flexibility index (Phi) is 6.72. The number of halogens is 3. The van der Waals surface area contributed by atoms with Gasteiger partial charge in [-0.05, 0) is 55.8 Å². The SMILES string of the molecule is CNS(=O)(=O)c1ccc(SC)c(Nc2cc(Nc3ccc(C(F)(F)F)cc3)ncn2)c1. The van der Waals surface area contributed by atoms with E-state index in [9.17, 15) is 21.6 Å². The highest BCUT2D eigenvalue weighted by atomic mass is 32.2. The molecule has 3 aromatic rings. The Morgan fingerprint density at radius 2 is 1.58 bits per heavy atom. The monoisotopic (exact) mass is 469 g/mol. The molecule has 1 aromatic heterocycles. The number of rotatable bonds is 7. The van der Waals surface area contributed by atoms with Gasteiger partial charge in [0, 0.05) is 16.6 Å². The van der Waals surface area contributed by atoms with Crippen molar-refractivity contribution >= 4 is 44.8 Å². The molecule has 3 N–H and O–H groups in total. The fraction of sp³-hybridized carbons (Fsp3) is 0.158. The molecule has 31 heavy (non-hydrogen) atoms. The Morgan fingerprint density at radius 1 is 0.935 bits per heavy atom. The van der Waals surface area contributed by atoms with Crippen LogP contribution in [0.4, 0.5) is 36.2 Å². The summed E-state index contributed by atoms with van der Waals surface area (Å²) in [7, 11) is -2.30. The van der Waals surface area contributed by atoms with Crippen molar-refractivity contribution in [2.24, 2.45) is 0 Å². The van der Waals surface area contributed by atoms with Crippen LogP contribution in [0, 0.1) is 0 Å². The average molecular weight is 470 g/mol. The lowest BCUT2D eigenvalue weighted by Gasteiger charge is -2.13. The Labute approximate surface area is 181 Å². The molecule has 0 amide bonds. The molecular weight excluding hydrogens is 451 g/mol. The standard InChI is InChI=1S/C19H18F3N5O2S2/c1-23-31(28,29)14-7-8-16(30-2)15(9-14)27-18-10-17(24-11-25-18)26-13-5-3-12(4-6-13)19(20,21)22/h3-11,23H,1-2H3,(H2,24,25,26,27). The molecule has 0 fully saturated rings. The van der Waals surface area contributed by atoms with Crippen LogP contribution in [0.2, 0.25) is 0 Å². The third kappa shape index (κ3) is 5.66. The summed E-state index contributed by atoms with van der Waals surface area (Å²) in [5.74, 6) is 0.723. The van der Waals surface area contributed by atoms with E-state index in [4.69, 9.17) is 0 Å². The van der Waals surface area contributed by atoms with Gasteiger partial charge in [-0.15, -0.1) is 11.8 Å². The first-order chi connectivity index (χ1) is 14.6. The normalized spacial score (nSPS) is 11.9. The number of anilines is 4. The second-order valence-electron chi connectivity index (χ2n) is 6.18. The van der Waals surface area contributed by atoms with E-state index in [1.165, 1.54) is 49.4 Å². The predicted molar refractivity (Wildman–Crippen MR) is 115 cm³/mol. The van der Waals surface area contributed by atoms with E-state index in [1.54, 1.807) is 12.1 Å². The Morgan fingerprint density at radius 3 is 2.16 bits per heavy atom. The molecule has 0 saturated carbocycles. The van der Waals surface area contributed by atoms with Gasteiger partial charge in [0.25, 0.3) is 0 Å². The Bertz CT molecular complexity index is 1170. The number of hydrogen-bond acceptors (Lipinski definition) is 7. The van der Waals surface area contributed by atoms with Gasteiger partial charge in [-0.25, -0.2) is 23.1 Å². The van der Waals surface area contributed by atoms with Crippen LogP contribution in [0.1, 0.15) is 5.56 Å². The Balaban J connectivity index is 1.83. The highest BCUT2D eigenvalue weighted by Crippen LogP contribution is 2.32. The molecule has 2 aromatic carbocycles. The minimum atomic E-state index is -4.41. The van der Waals surface area contributed by atoms with Gasteiger partial charge in [-0.1, -0.05) is 0 Å². The minimum Gasteiger partial charge on any atom is -0.340 e. The van der Waals surface area contributed by atoms with Gasteiger partial charge in [0.05, 0.1) is 16.1 Å². The van der Waals surface area contributed by atoms with E-state index < -0.39 is 21.8 Å². The first-order valence-electron chi connectivity index (χ1n) is 8.77. The van der Waals surface area contributed by atoms with E-state index in [0.29, 0.717) is 23.0 Å². The molecule has 0 aliphatic rings. The molecule has 12 heteroatoms. The number of sulfonamides is 1. The highest BCUT2D eigenvalue weighted by Gasteiger charge is 2.29. The second kappa shape index (κ2) is 9.12. The molecule has 7 nitrogen and oxygen atoms in total. The molecule has 0 aliphatic heterocycles. The molecular formula is C19H18F3N5O2S2. The number of alkyl halides is 3. The van der Waals surface area contributed by atoms with Crippen molar-refractivity contribution in [3.63, 3.8) is 0 Å². The molecule has 1 heterocycles. The topological polar surface area (TPSA) is 96.0 Å². The number of nitrogens with one attached hydrogen (secondary N) is 3. The lowest BCUT2D eigenvalue weighted by molar-refractivity contribution is -0.137. The molecule has 0 unspecified atom stereocenters. The fourth-order valence-electron chi connectivity index (χ4n) is 2.59. The van der Waals surface area contributed by atoms with E-state index in [1.807, 2.05) is 6.26 Å². The number of thioether (sulfide) groups is 1. The largest absolute Gasteiger partial charge is 0.416 e. The lowest BCUT2D eigenvalue weighted by Crippen LogP contribution is -2.18. The maximum Gasteiger partial charge on any atom is 0.416 e. The first kappa shape index (κ1) is 22.8. The van der Waals surface area contributed by atoms with Crippen LogP contribution < -0.4 is 15.4 Å². The summed E-state index contributed by atoms with van der Waals surface area (Å²) in [6, 6.07) is 10.8. The van der Waals surface area contributed by atoms with Gasteiger partial charge in [0.2, 0.25) is 10.0 Å². The molecule has 0 bridgehead atoms. The van der Waals surface area contributed by atoms with Gasteiger partial charge in [0.1, 0.15) is 18.0 Å². The highest BCUT2D eigenvalue weighted by molar-refractivity contribution is 7.98. The van der Waals surface area contributed by atoms with Crippen LogP contribution in [0.25, 0.3) is 0 Å². The molecule has 164 valence electrons. The van der Waals surface area contributed by atoms with E-state index in [-0.39, 0.29) is 4.90 Å². The average Bonchev–Trinajstić information content (AvgIpc) is 2.73. The van der Waals surface area contributed by atoms with Gasteiger partial charge < -0.3 is 10.6 Å². The number of hydrogen-bond donors (Lipinski definition) is 3. The van der Waals surface area contributed by atoms with Crippen molar-refractivity contribution in [3.8, 4) is 0 Å². The maximum atomic E-state index is 12.7. The lowest BCUT2D eigenvalue weighted by atomic mass is 10.2. The van der Waals surface area contributed by atoms with Crippen molar-refractivity contribution in [3.05, 3.63) is 60.4 Å². The molecule has 0 radical (unpaired) electrons. The van der Waals surface area contributed by atoms with Crippen LogP contribution in [0.15, 0.2) is 64.6 Å². The zero-order chi connectivity index (χ0) is 22.6. The Hall–Kier alpha value is -2.83. The van der Waals surface area contributed by atoms with Crippen molar-refractivity contribution in [1.29, 1.82) is 0 Å². The zero-order valence-corrected chi connectivity index (χ0v) is 18.0. The summed E-state index contributed by atoms with van der Waals surface area (Å²) >= 11 is 1.42. The van der Waals surface area contributed by atoms with Crippen LogP contribution >= 0.6 is 11.8 Å². The third-order valence-electron chi connectivity index (χ3n) is 4.16. The number of nitrogens with zero attached hydrogens (tertiary/aromatic N) is 2. The van der Waals surface area contributed by atoms with Gasteiger partial charge in [0.15, 0.2) is 0 Å². The van der Waals surface area contributed by atoms with Gasteiger partial charge in [-0.2, -0.15) is 13.2 Å². The molecule has 3 rings (SSSR count). The van der Waals surface area contributed by atoms with Crippen molar-refractivity contribution in [2.75, 3.05) is 23.9 Å². The minimum absolute atomic E-state index is 0.0902. The van der Waals surface area contributed by atoms with Gasteiger partial charge in [-0.3, -0.25) is 0 Å². The summed E-state index contributed by atoms with van der Waals surface area (Å²) < 4.78 is 64.6. The summed E-state index contributed by atoms with van der Waals surface area (Å²) in [4.78, 5) is 9.08.